The molecule has 0 radical (unpaired) electrons. The van der Waals surface area contributed by atoms with Gasteiger partial charge in [0.1, 0.15) is 12.6 Å². The van der Waals surface area contributed by atoms with Crippen molar-refractivity contribution in [1.82, 2.24) is 4.90 Å². The molecule has 0 bridgehead atoms. The van der Waals surface area contributed by atoms with Crippen molar-refractivity contribution in [3.8, 4) is 11.1 Å². The molecular weight excluding hydrogens is 374 g/mol. The van der Waals surface area contributed by atoms with Gasteiger partial charge >= 0.3 is 18.0 Å². The lowest BCUT2D eigenvalue weighted by Gasteiger charge is -2.35. The largest absolute Gasteiger partial charge is 0.481 e. The van der Waals surface area contributed by atoms with Crippen LogP contribution in [0.25, 0.3) is 11.1 Å². The average Bonchev–Trinajstić information content (AvgIpc) is 3.05. The summed E-state index contributed by atoms with van der Waals surface area (Å²) in [4.78, 5) is 36.6. The second kappa shape index (κ2) is 7.58. The van der Waals surface area contributed by atoms with Crippen LogP contribution < -0.4 is 0 Å². The van der Waals surface area contributed by atoms with Crippen molar-refractivity contribution in [2.75, 3.05) is 13.2 Å². The third kappa shape index (κ3) is 3.44. The van der Waals surface area contributed by atoms with Gasteiger partial charge in [0, 0.05) is 12.5 Å². The highest BCUT2D eigenvalue weighted by atomic mass is 16.6. The predicted molar refractivity (Wildman–Crippen MR) is 104 cm³/mol. The fourth-order valence-corrected chi connectivity index (χ4v) is 4.32. The van der Waals surface area contributed by atoms with Crippen LogP contribution in [0.1, 0.15) is 29.9 Å². The lowest BCUT2D eigenvalue weighted by atomic mass is 9.91. The van der Waals surface area contributed by atoms with Gasteiger partial charge in [-0.05, 0) is 35.1 Å². The Labute approximate surface area is 167 Å². The fraction of sp³-hybridized carbons (Fsp3) is 0.318. The van der Waals surface area contributed by atoms with Gasteiger partial charge < -0.3 is 14.9 Å². The van der Waals surface area contributed by atoms with Crippen molar-refractivity contribution in [3.63, 3.8) is 0 Å². The number of rotatable bonds is 4. The summed E-state index contributed by atoms with van der Waals surface area (Å²) in [6.45, 7) is 0.142. The van der Waals surface area contributed by atoms with Gasteiger partial charge in [-0.25, -0.2) is 9.59 Å². The lowest BCUT2D eigenvalue weighted by Crippen LogP contribution is -2.51. The Bertz CT molecular complexity index is 926. The van der Waals surface area contributed by atoms with E-state index in [9.17, 15) is 19.5 Å². The highest BCUT2D eigenvalue weighted by molar-refractivity contribution is 5.82. The first-order valence-electron chi connectivity index (χ1n) is 9.54. The first-order chi connectivity index (χ1) is 14.0. The van der Waals surface area contributed by atoms with Gasteiger partial charge in [0.15, 0.2) is 0 Å². The molecule has 0 spiro atoms. The number of piperidine rings is 1. The zero-order valence-corrected chi connectivity index (χ0v) is 15.7. The third-order valence-corrected chi connectivity index (χ3v) is 5.81. The minimum atomic E-state index is -1.22. The molecule has 2 aliphatic rings. The normalized spacial score (nSPS) is 20.6. The lowest BCUT2D eigenvalue weighted by molar-refractivity contribution is -0.149. The molecule has 2 atom stereocenters. The van der Waals surface area contributed by atoms with Crippen molar-refractivity contribution >= 4 is 18.0 Å². The van der Waals surface area contributed by atoms with Gasteiger partial charge in [0.2, 0.25) is 0 Å². The van der Waals surface area contributed by atoms with Crippen molar-refractivity contribution in [2.45, 2.75) is 24.8 Å². The van der Waals surface area contributed by atoms with Crippen molar-refractivity contribution in [1.29, 1.82) is 0 Å². The Hall–Kier alpha value is -3.35. The van der Waals surface area contributed by atoms with Crippen LogP contribution in [0.4, 0.5) is 4.79 Å². The fourth-order valence-electron chi connectivity index (χ4n) is 4.32. The molecule has 2 aromatic carbocycles. The van der Waals surface area contributed by atoms with Crippen LogP contribution in [0.2, 0.25) is 0 Å². The second-order valence-corrected chi connectivity index (χ2v) is 7.41. The van der Waals surface area contributed by atoms with Crippen LogP contribution in [-0.4, -0.2) is 52.3 Å². The van der Waals surface area contributed by atoms with Crippen LogP contribution in [0, 0.1) is 5.92 Å². The van der Waals surface area contributed by atoms with Crippen molar-refractivity contribution in [3.05, 3.63) is 59.7 Å². The van der Waals surface area contributed by atoms with E-state index >= 15 is 0 Å². The molecule has 2 N–H and O–H groups in total. The van der Waals surface area contributed by atoms with Crippen LogP contribution >= 0.6 is 0 Å². The Balaban J connectivity index is 1.50. The monoisotopic (exact) mass is 395 g/mol. The highest BCUT2D eigenvalue weighted by Gasteiger charge is 2.40. The number of hydrogen-bond acceptors (Lipinski definition) is 4. The molecule has 1 aliphatic heterocycles. The van der Waals surface area contributed by atoms with Crippen LogP contribution in [-0.2, 0) is 14.3 Å². The van der Waals surface area contributed by atoms with Crippen molar-refractivity contribution in [2.24, 2.45) is 5.92 Å². The van der Waals surface area contributed by atoms with E-state index in [1.54, 1.807) is 0 Å². The van der Waals surface area contributed by atoms with E-state index < -0.39 is 30.0 Å². The molecule has 1 fully saturated rings. The summed E-state index contributed by atoms with van der Waals surface area (Å²) < 4.78 is 5.53. The number of ether oxygens (including phenoxy) is 1. The summed E-state index contributed by atoms with van der Waals surface area (Å²) in [5.41, 5.74) is 4.35. The topological polar surface area (TPSA) is 104 Å². The van der Waals surface area contributed by atoms with Crippen LogP contribution in [0.5, 0.6) is 0 Å². The highest BCUT2D eigenvalue weighted by Crippen LogP contribution is 2.44. The molecule has 150 valence electrons. The predicted octanol–water partition coefficient (Wildman–Crippen LogP) is 3.19. The number of fused-ring (bicyclic) bond motifs is 3. The summed E-state index contributed by atoms with van der Waals surface area (Å²) in [5.74, 6) is -3.15. The molecule has 7 heteroatoms. The maximum Gasteiger partial charge on any atom is 0.410 e. The molecule has 0 aromatic heterocycles. The number of amides is 1. The molecule has 7 nitrogen and oxygen atoms in total. The van der Waals surface area contributed by atoms with E-state index in [0.717, 1.165) is 27.2 Å². The minimum Gasteiger partial charge on any atom is -0.481 e. The molecule has 0 unspecified atom stereocenters. The first-order valence-corrected chi connectivity index (χ1v) is 9.54. The summed E-state index contributed by atoms with van der Waals surface area (Å²) in [6.07, 6.45) is -0.624. The zero-order valence-electron chi connectivity index (χ0n) is 15.7. The Morgan fingerprint density at radius 1 is 0.931 bits per heavy atom. The quantitative estimate of drug-likeness (QED) is 0.824. The van der Waals surface area contributed by atoms with Crippen LogP contribution in [0.15, 0.2) is 48.5 Å². The Morgan fingerprint density at radius 2 is 1.52 bits per heavy atom. The van der Waals surface area contributed by atoms with E-state index in [1.165, 1.54) is 0 Å². The number of hydrogen-bond donors (Lipinski definition) is 2. The molecule has 2 aromatic rings. The number of carbonyl (C=O) groups excluding carboxylic acids is 1. The number of carbonyl (C=O) groups is 3. The number of nitrogens with zero attached hydrogens (tertiary/aromatic N) is 1. The van der Waals surface area contributed by atoms with Gasteiger partial charge in [-0.3, -0.25) is 9.69 Å². The van der Waals surface area contributed by atoms with E-state index in [0.29, 0.717) is 0 Å². The smallest absolute Gasteiger partial charge is 0.410 e. The second-order valence-electron chi connectivity index (χ2n) is 7.41. The summed E-state index contributed by atoms with van der Waals surface area (Å²) in [6, 6.07) is 14.7. The molecule has 1 amide bonds. The van der Waals surface area contributed by atoms with E-state index in [2.05, 4.69) is 0 Å². The number of carboxylic acid groups (broad SMARTS) is 2. The molecule has 0 saturated carbocycles. The molecule has 29 heavy (non-hydrogen) atoms. The molecule has 1 aliphatic carbocycles. The number of aliphatic carboxylic acids is 2. The summed E-state index contributed by atoms with van der Waals surface area (Å²) >= 11 is 0. The summed E-state index contributed by atoms with van der Waals surface area (Å²) in [7, 11) is 0. The van der Waals surface area contributed by atoms with E-state index in [-0.39, 0.29) is 31.9 Å². The SMILES string of the molecule is O=C(O)[C@H]1CCN(C(=O)OCC2c3ccccc3-c3ccccc32)[C@@H](C(=O)O)C1. The van der Waals surface area contributed by atoms with Gasteiger partial charge in [-0.2, -0.15) is 0 Å². The number of benzene rings is 2. The molecular formula is C22H21NO6. The van der Waals surface area contributed by atoms with Crippen LogP contribution in [0.3, 0.4) is 0 Å². The van der Waals surface area contributed by atoms with E-state index in [1.807, 2.05) is 48.5 Å². The average molecular weight is 395 g/mol. The molecule has 1 heterocycles. The maximum atomic E-state index is 12.7. The number of carboxylic acids is 2. The standard InChI is InChI=1S/C22H21NO6/c24-20(25)13-9-10-23(19(11-13)21(26)27)22(28)29-12-18-16-7-3-1-5-14(16)15-6-2-4-8-17(15)18/h1-8,13,18-19H,9-12H2,(H,24,25)(H,26,27)/t13-,19+/m0/s1. The van der Waals surface area contributed by atoms with Gasteiger partial charge in [0.25, 0.3) is 0 Å². The van der Waals surface area contributed by atoms with Crippen molar-refractivity contribution < 1.29 is 29.3 Å². The Kier molecular flexibility index (Phi) is 4.96. The van der Waals surface area contributed by atoms with Gasteiger partial charge in [0.05, 0.1) is 5.92 Å². The molecule has 4 rings (SSSR count). The zero-order chi connectivity index (χ0) is 20.5. The maximum absolute atomic E-state index is 12.7. The van der Waals surface area contributed by atoms with E-state index in [4.69, 9.17) is 9.84 Å². The first kappa shape index (κ1) is 19.0. The number of likely N-dealkylation sites (tertiary alicyclic amines) is 1. The molecule has 1 saturated heterocycles. The Morgan fingerprint density at radius 3 is 2.07 bits per heavy atom. The van der Waals surface area contributed by atoms with Gasteiger partial charge in [-0.1, -0.05) is 48.5 Å². The summed E-state index contributed by atoms with van der Waals surface area (Å²) in [5, 5.41) is 18.6. The third-order valence-electron chi connectivity index (χ3n) is 5.81. The van der Waals surface area contributed by atoms with Gasteiger partial charge in [-0.15, -0.1) is 0 Å². The minimum absolute atomic E-state index is 0.0462.